The molecule has 9 heteroatoms. The van der Waals surface area contributed by atoms with E-state index in [-0.39, 0.29) is 31.0 Å². The summed E-state index contributed by atoms with van der Waals surface area (Å²) < 4.78 is 22.1. The Hall–Kier alpha value is -0.240. The van der Waals surface area contributed by atoms with Crippen molar-refractivity contribution >= 4 is 31.2 Å². The lowest BCUT2D eigenvalue weighted by atomic mass is 9.84. The summed E-state index contributed by atoms with van der Waals surface area (Å²) in [6, 6.07) is 0. The van der Waals surface area contributed by atoms with Gasteiger partial charge in [0.25, 0.3) is 0 Å². The quantitative estimate of drug-likeness (QED) is 0.243. The van der Waals surface area contributed by atoms with Crippen LogP contribution in [-0.2, 0) is 23.2 Å². The molecule has 7 nitrogen and oxygen atoms in total. The fourth-order valence-corrected chi connectivity index (χ4v) is 4.65. The summed E-state index contributed by atoms with van der Waals surface area (Å²) in [5, 5.41) is 10.4. The minimum atomic E-state index is -4.31. The molecular formula is C22H45O7PS. The highest BCUT2D eigenvalue weighted by molar-refractivity contribution is 8.00. The fraction of sp³-hybridized carbons (Fsp3) is 0.909. The average molecular weight is 485 g/mol. The number of hydrogen-bond acceptors (Lipinski definition) is 7. The zero-order valence-electron chi connectivity index (χ0n) is 19.8. The molecular weight excluding hydrogens is 439 g/mol. The van der Waals surface area contributed by atoms with Crippen LogP contribution in [-0.4, -0.2) is 50.4 Å². The highest BCUT2D eigenvalue weighted by atomic mass is 32.2. The van der Waals surface area contributed by atoms with Gasteiger partial charge in [-0.2, -0.15) is 11.8 Å². The number of aliphatic hydroxyl groups excluding tert-OH is 1. The number of aliphatic hydroxyl groups is 1. The van der Waals surface area contributed by atoms with Gasteiger partial charge in [0.15, 0.2) is 5.78 Å². The molecule has 186 valence electrons. The molecule has 0 heterocycles. The number of hydrogen-bond donors (Lipinski definition) is 2. The van der Waals surface area contributed by atoms with Gasteiger partial charge in [-0.3, -0.25) is 18.6 Å². The first-order valence-electron chi connectivity index (χ1n) is 10.4. The summed E-state index contributed by atoms with van der Waals surface area (Å²) in [5.74, 6) is 0.633. The summed E-state index contributed by atoms with van der Waals surface area (Å²) in [4.78, 5) is 34.1. The van der Waals surface area contributed by atoms with Crippen molar-refractivity contribution in [1.82, 2.24) is 0 Å². The smallest absolute Gasteiger partial charge is 0.385 e. The van der Waals surface area contributed by atoms with Crippen LogP contribution in [0.2, 0.25) is 0 Å². The lowest BCUT2D eigenvalue weighted by Gasteiger charge is -2.31. The Kier molecular flexibility index (Phi) is 14.3. The lowest BCUT2D eigenvalue weighted by molar-refractivity contribution is -0.135. The van der Waals surface area contributed by atoms with E-state index in [0.717, 1.165) is 12.2 Å². The van der Waals surface area contributed by atoms with E-state index in [4.69, 9.17) is 9.05 Å². The first-order valence-corrected chi connectivity index (χ1v) is 12.9. The Balaban J connectivity index is 0. The van der Waals surface area contributed by atoms with Crippen molar-refractivity contribution in [3.8, 4) is 0 Å². The summed E-state index contributed by atoms with van der Waals surface area (Å²) >= 11 is 1.82. The number of carbonyl (C=O) groups excluding carboxylic acids is 2. The van der Waals surface area contributed by atoms with Crippen LogP contribution in [0.3, 0.4) is 0 Å². The summed E-state index contributed by atoms with van der Waals surface area (Å²) in [6.07, 6.45) is 0.705. The average Bonchev–Trinajstić information content (AvgIpc) is 2.53. The number of phosphoric acid groups is 1. The Morgan fingerprint density at radius 2 is 1.48 bits per heavy atom. The molecule has 0 aliphatic heterocycles. The molecule has 2 atom stereocenters. The van der Waals surface area contributed by atoms with Gasteiger partial charge in [-0.25, -0.2) is 4.57 Å². The van der Waals surface area contributed by atoms with E-state index in [1.165, 1.54) is 0 Å². The molecule has 0 aromatic heterocycles. The van der Waals surface area contributed by atoms with E-state index < -0.39 is 30.7 Å². The van der Waals surface area contributed by atoms with Gasteiger partial charge >= 0.3 is 7.82 Å². The van der Waals surface area contributed by atoms with Crippen LogP contribution in [0.4, 0.5) is 0 Å². The highest BCUT2D eigenvalue weighted by Crippen LogP contribution is 2.48. The van der Waals surface area contributed by atoms with Crippen LogP contribution >= 0.6 is 19.6 Å². The van der Waals surface area contributed by atoms with Gasteiger partial charge < -0.3 is 10.00 Å². The third-order valence-corrected chi connectivity index (χ3v) is 6.64. The molecule has 2 unspecified atom stereocenters. The topological polar surface area (TPSA) is 110 Å². The molecule has 0 bridgehead atoms. The maximum Gasteiger partial charge on any atom is 0.472 e. The molecule has 0 saturated carbocycles. The van der Waals surface area contributed by atoms with Gasteiger partial charge in [-0.1, -0.05) is 42.0 Å². The van der Waals surface area contributed by atoms with Crippen molar-refractivity contribution in [3.63, 3.8) is 0 Å². The van der Waals surface area contributed by atoms with Crippen molar-refractivity contribution in [1.29, 1.82) is 0 Å². The zero-order chi connectivity index (χ0) is 23.8. The third kappa shape index (κ3) is 17.0. The van der Waals surface area contributed by atoms with Crippen LogP contribution in [0.15, 0.2) is 0 Å². The van der Waals surface area contributed by atoms with Crippen molar-refractivity contribution < 1.29 is 33.2 Å². The number of Topliss-reactive ketones (excluding diaryl/α,β-unsaturated/α-hetero) is 2. The lowest BCUT2D eigenvalue weighted by Crippen LogP contribution is -2.39. The van der Waals surface area contributed by atoms with E-state index in [2.05, 4.69) is 20.8 Å². The number of phosphoric ester groups is 1. The number of carbonyl (C=O) groups is 2. The summed E-state index contributed by atoms with van der Waals surface area (Å²) in [5.41, 5.74) is -1.95. The van der Waals surface area contributed by atoms with Crippen molar-refractivity contribution in [2.75, 3.05) is 12.4 Å². The van der Waals surface area contributed by atoms with Gasteiger partial charge in [-0.05, 0) is 39.4 Å². The minimum Gasteiger partial charge on any atom is -0.385 e. The number of rotatable bonds is 14. The monoisotopic (exact) mass is 484 g/mol. The fourth-order valence-electron chi connectivity index (χ4n) is 2.50. The molecule has 0 fully saturated rings. The van der Waals surface area contributed by atoms with E-state index in [1.54, 1.807) is 34.6 Å². The minimum absolute atomic E-state index is 0. The molecule has 0 saturated heterocycles. The second-order valence-corrected chi connectivity index (χ2v) is 13.6. The molecule has 0 amide bonds. The molecule has 0 rings (SSSR count). The normalized spacial score (nSPS) is 15.7. The number of ketones is 2. The predicted molar refractivity (Wildman–Crippen MR) is 128 cm³/mol. The Labute approximate surface area is 193 Å². The van der Waals surface area contributed by atoms with E-state index >= 15 is 0 Å². The largest absolute Gasteiger partial charge is 0.472 e. The molecule has 0 aromatic carbocycles. The Morgan fingerprint density at radius 1 is 0.968 bits per heavy atom. The third-order valence-electron chi connectivity index (χ3n) is 4.05. The highest BCUT2D eigenvalue weighted by Gasteiger charge is 2.37. The number of thioether (sulfide) groups is 1. The van der Waals surface area contributed by atoms with Crippen LogP contribution in [0, 0.1) is 5.41 Å². The van der Waals surface area contributed by atoms with E-state index in [1.807, 2.05) is 11.8 Å². The van der Waals surface area contributed by atoms with Crippen LogP contribution in [0.1, 0.15) is 94.9 Å². The molecule has 0 aromatic rings. The van der Waals surface area contributed by atoms with E-state index in [0.29, 0.717) is 19.3 Å². The van der Waals surface area contributed by atoms with Crippen molar-refractivity contribution in [2.45, 2.75) is 111 Å². The van der Waals surface area contributed by atoms with Crippen molar-refractivity contribution in [2.24, 2.45) is 5.41 Å². The second kappa shape index (κ2) is 13.5. The predicted octanol–water partition coefficient (Wildman–Crippen LogP) is 5.56. The molecule has 2 N–H and O–H groups in total. The maximum absolute atomic E-state index is 12.3. The standard InChI is InChI=1S/C21H41O7PS.CH4/c1-19(2,3)28-29(25,26)27-15-21(7,8)18(24)17(23)13-9-11-16(22)12-10-14-30-20(4,5)6;/h18,24H,9-15H2,1-8H3,(H,25,26);1H4. The first-order chi connectivity index (χ1) is 13.3. The van der Waals surface area contributed by atoms with Gasteiger partial charge in [0.1, 0.15) is 11.9 Å². The molecule has 31 heavy (non-hydrogen) atoms. The summed E-state index contributed by atoms with van der Waals surface area (Å²) in [7, 11) is -4.31. The Morgan fingerprint density at radius 3 is 1.97 bits per heavy atom. The van der Waals surface area contributed by atoms with Crippen LogP contribution in [0.25, 0.3) is 0 Å². The van der Waals surface area contributed by atoms with Crippen LogP contribution < -0.4 is 0 Å². The first kappa shape index (κ1) is 32.9. The van der Waals surface area contributed by atoms with Gasteiger partial charge in [-0.15, -0.1) is 0 Å². The summed E-state index contributed by atoms with van der Waals surface area (Å²) in [6.45, 7) is 14.1. The Bertz CT molecular complexity index is 606. The van der Waals surface area contributed by atoms with Gasteiger partial charge in [0.05, 0.1) is 12.2 Å². The SMILES string of the molecule is C.CC(C)(C)OP(=O)(O)OCC(C)(C)C(O)C(=O)CCCC(=O)CCCSC(C)(C)C. The second-order valence-electron chi connectivity index (χ2n) is 10.3. The molecule has 0 radical (unpaired) electrons. The molecule has 0 aliphatic carbocycles. The van der Waals surface area contributed by atoms with E-state index in [9.17, 15) is 24.2 Å². The van der Waals surface area contributed by atoms with Crippen LogP contribution in [0.5, 0.6) is 0 Å². The van der Waals surface area contributed by atoms with Gasteiger partial charge in [0.2, 0.25) is 0 Å². The maximum atomic E-state index is 12.3. The molecule has 0 aliphatic rings. The molecule has 0 spiro atoms. The zero-order valence-corrected chi connectivity index (χ0v) is 21.5. The van der Waals surface area contributed by atoms with Gasteiger partial charge in [0, 0.05) is 29.4 Å². The van der Waals surface area contributed by atoms with Crippen molar-refractivity contribution in [3.05, 3.63) is 0 Å².